The van der Waals surface area contributed by atoms with Crippen LogP contribution in [0.2, 0.25) is 0 Å². The van der Waals surface area contributed by atoms with E-state index in [0.29, 0.717) is 18.7 Å². The molecule has 0 saturated carbocycles. The normalized spacial score (nSPS) is 15.6. The van der Waals surface area contributed by atoms with Gasteiger partial charge in [-0.3, -0.25) is 9.59 Å². The van der Waals surface area contributed by atoms with Gasteiger partial charge >= 0.3 is 0 Å². The zero-order valence-electron chi connectivity index (χ0n) is 10.5. The number of nitrogens with zero attached hydrogens (tertiary/aromatic N) is 1. The lowest BCUT2D eigenvalue weighted by Crippen LogP contribution is -2.42. The Balaban J connectivity index is 1.84. The SMILES string of the molecule is Cc1ccc(OCC(=O)N2CCCC(=O)C2)cc1. The van der Waals surface area contributed by atoms with Gasteiger partial charge in [-0.25, -0.2) is 0 Å². The zero-order valence-corrected chi connectivity index (χ0v) is 10.5. The fourth-order valence-electron chi connectivity index (χ4n) is 1.92. The second-order valence-corrected chi connectivity index (χ2v) is 4.56. The number of benzene rings is 1. The largest absolute Gasteiger partial charge is 0.484 e. The summed E-state index contributed by atoms with van der Waals surface area (Å²) >= 11 is 0. The molecule has 1 saturated heterocycles. The summed E-state index contributed by atoms with van der Waals surface area (Å²) in [4.78, 5) is 24.7. The van der Waals surface area contributed by atoms with Gasteiger partial charge in [0.25, 0.3) is 5.91 Å². The van der Waals surface area contributed by atoms with Crippen LogP contribution in [-0.4, -0.2) is 36.3 Å². The maximum Gasteiger partial charge on any atom is 0.260 e. The highest BCUT2D eigenvalue weighted by molar-refractivity contribution is 5.87. The third kappa shape index (κ3) is 3.32. The fourth-order valence-corrected chi connectivity index (χ4v) is 1.92. The monoisotopic (exact) mass is 247 g/mol. The number of carbonyl (C=O) groups is 2. The van der Waals surface area contributed by atoms with Crippen molar-refractivity contribution in [2.45, 2.75) is 19.8 Å². The average molecular weight is 247 g/mol. The van der Waals surface area contributed by atoms with Crippen molar-refractivity contribution in [1.29, 1.82) is 0 Å². The predicted octanol–water partition coefficient (Wildman–Crippen LogP) is 1.57. The van der Waals surface area contributed by atoms with Crippen LogP contribution in [-0.2, 0) is 9.59 Å². The van der Waals surface area contributed by atoms with E-state index >= 15 is 0 Å². The highest BCUT2D eigenvalue weighted by Crippen LogP contribution is 2.12. The van der Waals surface area contributed by atoms with E-state index in [4.69, 9.17) is 4.74 Å². The lowest BCUT2D eigenvalue weighted by molar-refractivity contribution is -0.139. The number of hydrogen-bond donors (Lipinski definition) is 0. The van der Waals surface area contributed by atoms with Gasteiger partial charge in [0.1, 0.15) is 5.75 Å². The van der Waals surface area contributed by atoms with E-state index < -0.39 is 0 Å². The van der Waals surface area contributed by atoms with Crippen molar-refractivity contribution >= 4 is 11.7 Å². The minimum Gasteiger partial charge on any atom is -0.484 e. The van der Waals surface area contributed by atoms with Crippen LogP contribution in [0.4, 0.5) is 0 Å². The lowest BCUT2D eigenvalue weighted by Gasteiger charge is -2.25. The molecule has 2 rings (SSSR count). The molecule has 0 N–H and O–H groups in total. The van der Waals surface area contributed by atoms with Gasteiger partial charge in [0, 0.05) is 13.0 Å². The summed E-state index contributed by atoms with van der Waals surface area (Å²) in [6, 6.07) is 7.54. The first kappa shape index (κ1) is 12.6. The molecule has 4 nitrogen and oxygen atoms in total. The van der Waals surface area contributed by atoms with Crippen LogP contribution in [0.5, 0.6) is 5.75 Å². The molecular formula is C14H17NO3. The van der Waals surface area contributed by atoms with Crippen LogP contribution in [0.25, 0.3) is 0 Å². The molecule has 0 radical (unpaired) electrons. The molecule has 0 atom stereocenters. The van der Waals surface area contributed by atoms with Gasteiger partial charge in [0.2, 0.25) is 0 Å². The molecule has 1 amide bonds. The summed E-state index contributed by atoms with van der Waals surface area (Å²) in [5.74, 6) is 0.686. The Morgan fingerprint density at radius 2 is 2.06 bits per heavy atom. The summed E-state index contributed by atoms with van der Waals surface area (Å²) in [5.41, 5.74) is 1.15. The first-order valence-corrected chi connectivity index (χ1v) is 6.14. The average Bonchev–Trinajstić information content (AvgIpc) is 2.38. The number of ketones is 1. The van der Waals surface area contributed by atoms with Gasteiger partial charge in [-0.05, 0) is 25.5 Å². The van der Waals surface area contributed by atoms with Gasteiger partial charge in [-0.2, -0.15) is 0 Å². The highest BCUT2D eigenvalue weighted by Gasteiger charge is 2.21. The van der Waals surface area contributed by atoms with Crippen molar-refractivity contribution in [1.82, 2.24) is 4.90 Å². The van der Waals surface area contributed by atoms with Crippen LogP contribution in [0.15, 0.2) is 24.3 Å². The molecule has 0 aromatic heterocycles. The quantitative estimate of drug-likeness (QED) is 0.814. The Morgan fingerprint density at radius 3 is 2.72 bits per heavy atom. The molecule has 96 valence electrons. The van der Waals surface area contributed by atoms with Crippen LogP contribution < -0.4 is 4.74 Å². The second-order valence-electron chi connectivity index (χ2n) is 4.56. The van der Waals surface area contributed by atoms with E-state index in [2.05, 4.69) is 0 Å². The van der Waals surface area contributed by atoms with Crippen molar-refractivity contribution in [2.75, 3.05) is 19.7 Å². The van der Waals surface area contributed by atoms with Gasteiger partial charge in [-0.15, -0.1) is 0 Å². The number of piperidine rings is 1. The number of Topliss-reactive ketones (excluding diaryl/α,β-unsaturated/α-hetero) is 1. The summed E-state index contributed by atoms with van der Waals surface area (Å²) < 4.78 is 5.41. The van der Waals surface area contributed by atoms with Crippen molar-refractivity contribution in [2.24, 2.45) is 0 Å². The Hall–Kier alpha value is -1.84. The molecule has 4 heteroatoms. The standard InChI is InChI=1S/C14H17NO3/c1-11-4-6-13(7-5-11)18-10-14(17)15-8-2-3-12(16)9-15/h4-7H,2-3,8-10H2,1H3. The fraction of sp³-hybridized carbons (Fsp3) is 0.429. The van der Waals surface area contributed by atoms with Crippen molar-refractivity contribution < 1.29 is 14.3 Å². The van der Waals surface area contributed by atoms with Gasteiger partial charge < -0.3 is 9.64 Å². The molecule has 0 spiro atoms. The summed E-state index contributed by atoms with van der Waals surface area (Å²) in [6.07, 6.45) is 1.34. The number of hydrogen-bond acceptors (Lipinski definition) is 3. The lowest BCUT2D eigenvalue weighted by atomic mass is 10.1. The van der Waals surface area contributed by atoms with E-state index in [1.165, 1.54) is 0 Å². The van der Waals surface area contributed by atoms with E-state index in [-0.39, 0.29) is 24.8 Å². The second kappa shape index (κ2) is 5.67. The Kier molecular flexibility index (Phi) is 3.97. The molecule has 1 heterocycles. The zero-order chi connectivity index (χ0) is 13.0. The number of amides is 1. The van der Waals surface area contributed by atoms with E-state index in [1.807, 2.05) is 31.2 Å². The predicted molar refractivity (Wildman–Crippen MR) is 67.5 cm³/mol. The van der Waals surface area contributed by atoms with Crippen LogP contribution in [0, 0.1) is 6.92 Å². The number of rotatable bonds is 3. The number of carbonyl (C=O) groups excluding carboxylic acids is 2. The minimum atomic E-state index is -0.122. The maximum absolute atomic E-state index is 11.8. The highest BCUT2D eigenvalue weighted by atomic mass is 16.5. The number of likely N-dealkylation sites (tertiary alicyclic amines) is 1. The minimum absolute atomic E-state index is 0.00363. The third-order valence-electron chi connectivity index (χ3n) is 2.99. The number of aryl methyl sites for hydroxylation is 1. The number of ether oxygens (including phenoxy) is 1. The molecule has 18 heavy (non-hydrogen) atoms. The molecule has 1 aromatic rings. The van der Waals surface area contributed by atoms with Gasteiger partial charge in [0.15, 0.2) is 12.4 Å². The maximum atomic E-state index is 11.8. The van der Waals surface area contributed by atoms with E-state index in [1.54, 1.807) is 4.90 Å². The molecule has 1 fully saturated rings. The van der Waals surface area contributed by atoms with Crippen molar-refractivity contribution in [3.8, 4) is 5.75 Å². The molecule has 0 aliphatic carbocycles. The Bertz CT molecular complexity index is 439. The van der Waals surface area contributed by atoms with Crippen LogP contribution in [0.3, 0.4) is 0 Å². The summed E-state index contributed by atoms with van der Waals surface area (Å²) in [6.45, 7) is 2.88. The van der Waals surface area contributed by atoms with Crippen molar-refractivity contribution in [3.63, 3.8) is 0 Å². The van der Waals surface area contributed by atoms with E-state index in [9.17, 15) is 9.59 Å². The molecule has 1 aliphatic heterocycles. The molecular weight excluding hydrogens is 230 g/mol. The molecule has 1 aromatic carbocycles. The first-order chi connectivity index (χ1) is 8.65. The topological polar surface area (TPSA) is 46.6 Å². The molecule has 0 unspecified atom stereocenters. The van der Waals surface area contributed by atoms with E-state index in [0.717, 1.165) is 12.0 Å². The molecule has 1 aliphatic rings. The van der Waals surface area contributed by atoms with Crippen LogP contribution >= 0.6 is 0 Å². The molecule has 0 bridgehead atoms. The summed E-state index contributed by atoms with van der Waals surface area (Å²) in [7, 11) is 0. The first-order valence-electron chi connectivity index (χ1n) is 6.14. The van der Waals surface area contributed by atoms with Crippen LogP contribution in [0.1, 0.15) is 18.4 Å². The Labute approximate surface area is 107 Å². The smallest absolute Gasteiger partial charge is 0.260 e. The summed E-state index contributed by atoms with van der Waals surface area (Å²) in [5, 5.41) is 0. The van der Waals surface area contributed by atoms with Gasteiger partial charge in [-0.1, -0.05) is 17.7 Å². The van der Waals surface area contributed by atoms with Crippen molar-refractivity contribution in [3.05, 3.63) is 29.8 Å². The third-order valence-corrected chi connectivity index (χ3v) is 2.99. The van der Waals surface area contributed by atoms with Gasteiger partial charge in [0.05, 0.1) is 6.54 Å². The Morgan fingerprint density at radius 1 is 1.33 bits per heavy atom.